The third-order valence-corrected chi connectivity index (χ3v) is 4.58. The third kappa shape index (κ3) is 6.15. The molecule has 150 valence electrons. The maximum atomic E-state index is 12.7. The van der Waals surface area contributed by atoms with Crippen LogP contribution in [0.3, 0.4) is 0 Å². The molecular formula is C21H33N3O3. The van der Waals surface area contributed by atoms with Crippen molar-refractivity contribution >= 4 is 17.8 Å². The van der Waals surface area contributed by atoms with Gasteiger partial charge in [-0.3, -0.25) is 0 Å². The Balaban J connectivity index is 1.98. The van der Waals surface area contributed by atoms with Crippen molar-refractivity contribution in [2.24, 2.45) is 0 Å². The molecule has 1 N–H and O–H groups in total. The van der Waals surface area contributed by atoms with Crippen molar-refractivity contribution in [2.45, 2.75) is 65.5 Å². The third-order valence-electron chi connectivity index (χ3n) is 4.58. The summed E-state index contributed by atoms with van der Waals surface area (Å²) in [5.74, 6) is 0.458. The van der Waals surface area contributed by atoms with Crippen molar-refractivity contribution in [3.05, 3.63) is 29.8 Å². The zero-order valence-corrected chi connectivity index (χ0v) is 17.4. The molecule has 6 nitrogen and oxygen atoms in total. The van der Waals surface area contributed by atoms with E-state index >= 15 is 0 Å². The SMILES string of the molecule is CC(C)c1ccc(NC(=O)N2CCCN(C(=O)OC(C)(C)C)C[C@H]2C)cc1. The number of rotatable bonds is 2. The summed E-state index contributed by atoms with van der Waals surface area (Å²) in [5.41, 5.74) is 1.50. The lowest BCUT2D eigenvalue weighted by molar-refractivity contribution is 0.0240. The first-order valence-corrected chi connectivity index (χ1v) is 9.72. The zero-order chi connectivity index (χ0) is 20.2. The van der Waals surface area contributed by atoms with Crippen LogP contribution in [0.1, 0.15) is 59.4 Å². The van der Waals surface area contributed by atoms with E-state index in [1.165, 1.54) is 5.56 Å². The molecule has 3 amide bonds. The van der Waals surface area contributed by atoms with Crippen LogP contribution in [0.15, 0.2) is 24.3 Å². The number of anilines is 1. The Hall–Kier alpha value is -2.24. The fourth-order valence-corrected chi connectivity index (χ4v) is 3.10. The van der Waals surface area contributed by atoms with E-state index in [-0.39, 0.29) is 18.2 Å². The highest BCUT2D eigenvalue weighted by Gasteiger charge is 2.30. The van der Waals surface area contributed by atoms with Gasteiger partial charge in [-0.05, 0) is 57.7 Å². The molecular weight excluding hydrogens is 342 g/mol. The van der Waals surface area contributed by atoms with Crippen molar-refractivity contribution in [1.82, 2.24) is 9.80 Å². The molecule has 0 aliphatic carbocycles. The van der Waals surface area contributed by atoms with Gasteiger partial charge < -0.3 is 19.9 Å². The first-order chi connectivity index (χ1) is 12.6. The highest BCUT2D eigenvalue weighted by molar-refractivity contribution is 5.89. The van der Waals surface area contributed by atoms with E-state index in [0.29, 0.717) is 25.6 Å². The summed E-state index contributed by atoms with van der Waals surface area (Å²) in [6, 6.07) is 7.72. The number of ether oxygens (including phenoxy) is 1. The monoisotopic (exact) mass is 375 g/mol. The van der Waals surface area contributed by atoms with Crippen LogP contribution in [-0.2, 0) is 4.74 Å². The average Bonchev–Trinajstić information content (AvgIpc) is 2.75. The van der Waals surface area contributed by atoms with Crippen molar-refractivity contribution in [3.63, 3.8) is 0 Å². The van der Waals surface area contributed by atoms with Gasteiger partial charge in [0.05, 0.1) is 0 Å². The molecule has 1 fully saturated rings. The van der Waals surface area contributed by atoms with Gasteiger partial charge >= 0.3 is 12.1 Å². The van der Waals surface area contributed by atoms with Crippen LogP contribution >= 0.6 is 0 Å². The molecule has 0 aromatic heterocycles. The number of nitrogens with zero attached hydrogens (tertiary/aromatic N) is 2. The number of carbonyl (C=O) groups excluding carboxylic acids is 2. The molecule has 0 spiro atoms. The van der Waals surface area contributed by atoms with Gasteiger partial charge in [-0.25, -0.2) is 9.59 Å². The summed E-state index contributed by atoms with van der Waals surface area (Å²) in [6.45, 7) is 13.5. The summed E-state index contributed by atoms with van der Waals surface area (Å²) in [5, 5.41) is 2.97. The molecule has 1 aliphatic rings. The lowest BCUT2D eigenvalue weighted by Crippen LogP contribution is -2.46. The Morgan fingerprint density at radius 3 is 2.33 bits per heavy atom. The Labute approximate surface area is 162 Å². The summed E-state index contributed by atoms with van der Waals surface area (Å²) >= 11 is 0. The molecule has 0 radical (unpaired) electrons. The number of hydrogen-bond acceptors (Lipinski definition) is 3. The summed E-state index contributed by atoms with van der Waals surface area (Å²) < 4.78 is 5.47. The molecule has 0 unspecified atom stereocenters. The minimum atomic E-state index is -0.522. The van der Waals surface area contributed by atoms with Gasteiger partial charge in [0.15, 0.2) is 0 Å². The maximum Gasteiger partial charge on any atom is 0.410 e. The van der Waals surface area contributed by atoms with E-state index in [4.69, 9.17) is 4.74 Å². The Bertz CT molecular complexity index is 650. The molecule has 2 rings (SSSR count). The summed E-state index contributed by atoms with van der Waals surface area (Å²) in [6.07, 6.45) is 0.407. The number of hydrogen-bond donors (Lipinski definition) is 1. The molecule has 27 heavy (non-hydrogen) atoms. The molecule has 0 bridgehead atoms. The van der Waals surface area contributed by atoms with Crippen molar-refractivity contribution in [1.29, 1.82) is 0 Å². The lowest BCUT2D eigenvalue weighted by atomic mass is 10.0. The molecule has 1 saturated heterocycles. The number of benzene rings is 1. The lowest BCUT2D eigenvalue weighted by Gasteiger charge is -2.30. The van der Waals surface area contributed by atoms with E-state index in [1.54, 1.807) is 9.80 Å². The van der Waals surface area contributed by atoms with Crippen molar-refractivity contribution < 1.29 is 14.3 Å². The van der Waals surface area contributed by atoms with Crippen molar-refractivity contribution in [2.75, 3.05) is 25.0 Å². The molecule has 1 aromatic rings. The standard InChI is InChI=1S/C21H33N3O3/c1-15(2)17-8-10-18(11-9-17)22-19(25)24-13-7-12-23(14-16(24)3)20(26)27-21(4,5)6/h8-11,15-16H,7,12-14H2,1-6H3,(H,22,25)/t16-/m1/s1. The summed E-state index contributed by atoms with van der Waals surface area (Å²) in [4.78, 5) is 28.6. The summed E-state index contributed by atoms with van der Waals surface area (Å²) in [7, 11) is 0. The molecule has 1 aromatic carbocycles. The van der Waals surface area contributed by atoms with Crippen LogP contribution in [-0.4, -0.2) is 53.2 Å². The highest BCUT2D eigenvalue weighted by Crippen LogP contribution is 2.19. The number of carbonyl (C=O) groups is 2. The van der Waals surface area contributed by atoms with E-state index in [1.807, 2.05) is 52.0 Å². The van der Waals surface area contributed by atoms with Gasteiger partial charge in [-0.1, -0.05) is 26.0 Å². The van der Waals surface area contributed by atoms with Gasteiger partial charge in [-0.15, -0.1) is 0 Å². The van der Waals surface area contributed by atoms with Crippen LogP contribution in [0, 0.1) is 0 Å². The predicted octanol–water partition coefficient (Wildman–Crippen LogP) is 4.67. The molecule has 1 aliphatic heterocycles. The van der Waals surface area contributed by atoms with Crippen LogP contribution in [0.25, 0.3) is 0 Å². The van der Waals surface area contributed by atoms with E-state index in [9.17, 15) is 9.59 Å². The van der Waals surface area contributed by atoms with Crippen LogP contribution in [0.4, 0.5) is 15.3 Å². The van der Waals surface area contributed by atoms with Gasteiger partial charge in [0, 0.05) is 31.4 Å². The van der Waals surface area contributed by atoms with Gasteiger partial charge in [-0.2, -0.15) is 0 Å². The first kappa shape index (κ1) is 21.1. The second kappa shape index (κ2) is 8.63. The van der Waals surface area contributed by atoms with E-state index in [0.717, 1.165) is 12.1 Å². The second-order valence-electron chi connectivity index (χ2n) is 8.53. The maximum absolute atomic E-state index is 12.7. The van der Waals surface area contributed by atoms with Crippen LogP contribution < -0.4 is 5.32 Å². The topological polar surface area (TPSA) is 61.9 Å². The van der Waals surface area contributed by atoms with E-state index in [2.05, 4.69) is 19.2 Å². The van der Waals surface area contributed by atoms with Crippen molar-refractivity contribution in [3.8, 4) is 0 Å². The van der Waals surface area contributed by atoms with Gasteiger partial charge in [0.2, 0.25) is 0 Å². The number of nitrogens with one attached hydrogen (secondary N) is 1. The molecule has 1 atom stereocenters. The molecule has 6 heteroatoms. The smallest absolute Gasteiger partial charge is 0.410 e. The van der Waals surface area contributed by atoms with Crippen LogP contribution in [0.2, 0.25) is 0 Å². The molecule has 1 heterocycles. The molecule has 0 saturated carbocycles. The minimum absolute atomic E-state index is 0.0880. The quantitative estimate of drug-likeness (QED) is 0.817. The minimum Gasteiger partial charge on any atom is -0.444 e. The Morgan fingerprint density at radius 2 is 1.78 bits per heavy atom. The van der Waals surface area contributed by atoms with Gasteiger partial charge in [0.25, 0.3) is 0 Å². The van der Waals surface area contributed by atoms with Crippen LogP contribution in [0.5, 0.6) is 0 Å². The largest absolute Gasteiger partial charge is 0.444 e. The number of urea groups is 1. The zero-order valence-electron chi connectivity index (χ0n) is 17.4. The predicted molar refractivity (Wildman–Crippen MR) is 108 cm³/mol. The number of amides is 3. The van der Waals surface area contributed by atoms with E-state index < -0.39 is 5.60 Å². The fourth-order valence-electron chi connectivity index (χ4n) is 3.10. The average molecular weight is 376 g/mol. The first-order valence-electron chi connectivity index (χ1n) is 9.72. The Kier molecular flexibility index (Phi) is 6.73. The fraction of sp³-hybridized carbons (Fsp3) is 0.619. The normalized spacial score (nSPS) is 18.3. The highest BCUT2D eigenvalue weighted by atomic mass is 16.6. The second-order valence-corrected chi connectivity index (χ2v) is 8.53. The van der Waals surface area contributed by atoms with Gasteiger partial charge in [0.1, 0.15) is 5.60 Å². The Morgan fingerprint density at radius 1 is 1.15 bits per heavy atom.